The van der Waals surface area contributed by atoms with Gasteiger partial charge in [0, 0.05) is 31.7 Å². The van der Waals surface area contributed by atoms with Crippen molar-refractivity contribution in [2.24, 2.45) is 0 Å². The molecule has 0 saturated carbocycles. The van der Waals surface area contributed by atoms with Crippen molar-refractivity contribution >= 4 is 11.8 Å². The average Bonchev–Trinajstić information content (AvgIpc) is 2.63. The van der Waals surface area contributed by atoms with Gasteiger partial charge in [0.25, 0.3) is 5.91 Å². The molecule has 0 atom stereocenters. The van der Waals surface area contributed by atoms with Crippen molar-refractivity contribution in [2.45, 2.75) is 6.42 Å². The van der Waals surface area contributed by atoms with Crippen LogP contribution >= 0.6 is 0 Å². The molecular formula is C19H18F2N2O2. The van der Waals surface area contributed by atoms with E-state index in [9.17, 15) is 18.4 Å². The van der Waals surface area contributed by atoms with E-state index in [2.05, 4.69) is 0 Å². The first-order chi connectivity index (χ1) is 12.0. The van der Waals surface area contributed by atoms with Gasteiger partial charge in [0.1, 0.15) is 11.6 Å². The van der Waals surface area contributed by atoms with Gasteiger partial charge in [-0.1, -0.05) is 24.3 Å². The summed E-state index contributed by atoms with van der Waals surface area (Å²) in [5.74, 6) is -1.26. The molecule has 0 N–H and O–H groups in total. The normalized spacial score (nSPS) is 14.5. The summed E-state index contributed by atoms with van der Waals surface area (Å²) in [6.07, 6.45) is 0.00448. The first-order valence-electron chi connectivity index (χ1n) is 8.10. The summed E-state index contributed by atoms with van der Waals surface area (Å²) in [6, 6.07) is 11.8. The zero-order valence-electron chi connectivity index (χ0n) is 13.6. The highest BCUT2D eigenvalue weighted by molar-refractivity contribution is 5.94. The minimum absolute atomic E-state index is 0.00448. The number of carbonyl (C=O) groups excluding carboxylic acids is 2. The van der Waals surface area contributed by atoms with Gasteiger partial charge < -0.3 is 9.80 Å². The molecule has 2 amide bonds. The number of amides is 2. The molecule has 0 aliphatic carbocycles. The quantitative estimate of drug-likeness (QED) is 0.858. The smallest absolute Gasteiger partial charge is 0.254 e. The van der Waals surface area contributed by atoms with Crippen LogP contribution in [0.25, 0.3) is 0 Å². The van der Waals surface area contributed by atoms with Crippen LogP contribution in [0.15, 0.2) is 48.5 Å². The van der Waals surface area contributed by atoms with Gasteiger partial charge in [-0.2, -0.15) is 0 Å². The number of rotatable bonds is 3. The molecule has 130 valence electrons. The number of nitrogens with zero attached hydrogens (tertiary/aromatic N) is 2. The van der Waals surface area contributed by atoms with Crippen LogP contribution in [0.4, 0.5) is 8.78 Å². The third-order valence-corrected chi connectivity index (χ3v) is 4.29. The molecule has 25 heavy (non-hydrogen) atoms. The first-order valence-corrected chi connectivity index (χ1v) is 8.10. The number of halogens is 2. The van der Waals surface area contributed by atoms with Crippen LogP contribution in [-0.2, 0) is 11.2 Å². The van der Waals surface area contributed by atoms with Crippen molar-refractivity contribution < 1.29 is 18.4 Å². The molecule has 0 unspecified atom stereocenters. The Hall–Kier alpha value is -2.76. The van der Waals surface area contributed by atoms with Gasteiger partial charge in [0.15, 0.2) is 0 Å². The second kappa shape index (κ2) is 7.42. The molecule has 6 heteroatoms. The predicted molar refractivity (Wildman–Crippen MR) is 89.0 cm³/mol. The predicted octanol–water partition coefficient (Wildman–Crippen LogP) is 2.49. The Kier molecular flexibility index (Phi) is 5.07. The molecule has 0 bridgehead atoms. The van der Waals surface area contributed by atoms with Crippen LogP contribution in [0.5, 0.6) is 0 Å². The Morgan fingerprint density at radius 2 is 1.56 bits per heavy atom. The maximum Gasteiger partial charge on any atom is 0.254 e. The molecule has 1 aliphatic heterocycles. The fourth-order valence-electron chi connectivity index (χ4n) is 2.88. The van der Waals surface area contributed by atoms with Crippen LogP contribution in [-0.4, -0.2) is 47.8 Å². The lowest BCUT2D eigenvalue weighted by atomic mass is 10.1. The lowest BCUT2D eigenvalue weighted by Crippen LogP contribution is -2.51. The van der Waals surface area contributed by atoms with Crippen molar-refractivity contribution in [1.29, 1.82) is 0 Å². The molecule has 4 nitrogen and oxygen atoms in total. The van der Waals surface area contributed by atoms with E-state index in [4.69, 9.17) is 0 Å². The largest absolute Gasteiger partial charge is 0.339 e. The highest BCUT2D eigenvalue weighted by Crippen LogP contribution is 2.13. The molecule has 1 saturated heterocycles. The van der Waals surface area contributed by atoms with Gasteiger partial charge >= 0.3 is 0 Å². The Balaban J connectivity index is 1.57. The van der Waals surface area contributed by atoms with Crippen LogP contribution in [0.1, 0.15) is 15.9 Å². The lowest BCUT2D eigenvalue weighted by molar-refractivity contribution is -0.132. The molecule has 3 rings (SSSR count). The summed E-state index contributed by atoms with van der Waals surface area (Å²) < 4.78 is 26.9. The van der Waals surface area contributed by atoms with E-state index < -0.39 is 11.6 Å². The van der Waals surface area contributed by atoms with Crippen LogP contribution < -0.4 is 0 Å². The van der Waals surface area contributed by atoms with Crippen LogP contribution in [0.2, 0.25) is 0 Å². The zero-order chi connectivity index (χ0) is 17.8. The van der Waals surface area contributed by atoms with E-state index in [0.29, 0.717) is 37.3 Å². The third kappa shape index (κ3) is 4.02. The van der Waals surface area contributed by atoms with Gasteiger partial charge in [-0.05, 0) is 29.8 Å². The molecule has 0 radical (unpaired) electrons. The molecule has 0 aromatic heterocycles. The van der Waals surface area contributed by atoms with Crippen molar-refractivity contribution in [3.05, 3.63) is 71.3 Å². The van der Waals surface area contributed by atoms with Gasteiger partial charge in [-0.3, -0.25) is 9.59 Å². The molecular weight excluding hydrogens is 326 g/mol. The fourth-order valence-corrected chi connectivity index (χ4v) is 2.88. The third-order valence-electron chi connectivity index (χ3n) is 4.29. The maximum atomic E-state index is 13.7. The SMILES string of the molecule is O=C(Cc1ccccc1F)N1CCN(C(=O)c2cccc(F)c2)CC1. The Bertz CT molecular complexity index is 786. The fraction of sp³-hybridized carbons (Fsp3) is 0.263. The van der Waals surface area contributed by atoms with E-state index >= 15 is 0 Å². The number of piperazine rings is 1. The summed E-state index contributed by atoms with van der Waals surface area (Å²) in [6.45, 7) is 1.51. The average molecular weight is 344 g/mol. The molecule has 1 fully saturated rings. The monoisotopic (exact) mass is 344 g/mol. The van der Waals surface area contributed by atoms with Crippen LogP contribution in [0.3, 0.4) is 0 Å². The van der Waals surface area contributed by atoms with Crippen molar-refractivity contribution in [1.82, 2.24) is 9.80 Å². The molecule has 0 spiro atoms. The van der Waals surface area contributed by atoms with Gasteiger partial charge in [0.05, 0.1) is 6.42 Å². The van der Waals surface area contributed by atoms with Gasteiger partial charge in [-0.25, -0.2) is 8.78 Å². The standard InChI is InChI=1S/C19H18F2N2O2/c20-16-6-3-5-15(12-16)19(25)23-10-8-22(9-11-23)18(24)13-14-4-1-2-7-17(14)21/h1-7,12H,8-11,13H2. The second-order valence-corrected chi connectivity index (χ2v) is 5.95. The number of carbonyl (C=O) groups is 2. The maximum absolute atomic E-state index is 13.7. The van der Waals surface area contributed by atoms with E-state index in [1.165, 1.54) is 24.3 Å². The van der Waals surface area contributed by atoms with Gasteiger partial charge in [-0.15, -0.1) is 0 Å². The minimum Gasteiger partial charge on any atom is -0.339 e. The first kappa shape index (κ1) is 17.1. The van der Waals surface area contributed by atoms with E-state index in [1.54, 1.807) is 34.1 Å². The highest BCUT2D eigenvalue weighted by Gasteiger charge is 2.25. The highest BCUT2D eigenvalue weighted by atomic mass is 19.1. The van der Waals surface area contributed by atoms with Crippen molar-refractivity contribution in [3.8, 4) is 0 Å². The Labute approximate surface area is 144 Å². The second-order valence-electron chi connectivity index (χ2n) is 5.95. The number of benzene rings is 2. The van der Waals surface area contributed by atoms with Gasteiger partial charge in [0.2, 0.25) is 5.91 Å². The van der Waals surface area contributed by atoms with Crippen molar-refractivity contribution in [2.75, 3.05) is 26.2 Å². The molecule has 2 aromatic carbocycles. The summed E-state index contributed by atoms with van der Waals surface area (Å²) in [5, 5.41) is 0. The Morgan fingerprint density at radius 3 is 2.24 bits per heavy atom. The summed E-state index contributed by atoms with van der Waals surface area (Å²) in [4.78, 5) is 27.9. The Morgan fingerprint density at radius 1 is 0.880 bits per heavy atom. The lowest BCUT2D eigenvalue weighted by Gasteiger charge is -2.35. The minimum atomic E-state index is -0.454. The number of hydrogen-bond donors (Lipinski definition) is 0. The molecule has 1 heterocycles. The van der Waals surface area contributed by atoms with E-state index in [0.717, 1.165) is 0 Å². The topological polar surface area (TPSA) is 40.6 Å². The summed E-state index contributed by atoms with van der Waals surface area (Å²) in [7, 11) is 0. The van der Waals surface area contributed by atoms with E-state index in [-0.39, 0.29) is 18.2 Å². The summed E-state index contributed by atoms with van der Waals surface area (Å²) in [5.41, 5.74) is 0.664. The number of hydrogen-bond acceptors (Lipinski definition) is 2. The van der Waals surface area contributed by atoms with Crippen LogP contribution in [0, 0.1) is 11.6 Å². The molecule has 2 aromatic rings. The molecule has 1 aliphatic rings. The zero-order valence-corrected chi connectivity index (χ0v) is 13.6. The summed E-state index contributed by atoms with van der Waals surface area (Å²) >= 11 is 0. The van der Waals surface area contributed by atoms with Crippen molar-refractivity contribution in [3.63, 3.8) is 0 Å². The van der Waals surface area contributed by atoms with E-state index in [1.807, 2.05) is 0 Å².